The Hall–Kier alpha value is -0.830. The van der Waals surface area contributed by atoms with Gasteiger partial charge in [-0.25, -0.2) is 0 Å². The second-order valence-electron chi connectivity index (χ2n) is 9.77. The molecule has 25 heavy (non-hydrogen) atoms. The van der Waals surface area contributed by atoms with Gasteiger partial charge in [-0.15, -0.1) is 0 Å². The van der Waals surface area contributed by atoms with Crippen molar-refractivity contribution in [1.82, 2.24) is 0 Å². The van der Waals surface area contributed by atoms with E-state index in [1.165, 1.54) is 26.2 Å². The summed E-state index contributed by atoms with van der Waals surface area (Å²) in [6.07, 6.45) is 6.19. The van der Waals surface area contributed by atoms with Crippen molar-refractivity contribution in [1.29, 1.82) is 0 Å². The summed E-state index contributed by atoms with van der Waals surface area (Å²) < 4.78 is 5.60. The number of carbonyl (C=O) groups excluding carboxylic acids is 1. The quantitative estimate of drug-likeness (QED) is 0.571. The number of aliphatic hydroxyl groups is 1. The smallest absolute Gasteiger partial charge is 0.303 e. The van der Waals surface area contributed by atoms with Crippen LogP contribution in [0.5, 0.6) is 0 Å². The second kappa shape index (κ2) is 6.40. The molecule has 2 saturated carbocycles. The van der Waals surface area contributed by atoms with Crippen molar-refractivity contribution in [2.75, 3.05) is 0 Å². The van der Waals surface area contributed by atoms with E-state index in [9.17, 15) is 9.90 Å². The average molecular weight is 349 g/mol. The first-order valence-electron chi connectivity index (χ1n) is 10.2. The van der Waals surface area contributed by atoms with Gasteiger partial charge in [-0.2, -0.15) is 0 Å². The minimum absolute atomic E-state index is 0.138. The van der Waals surface area contributed by atoms with E-state index in [1.807, 2.05) is 6.92 Å². The van der Waals surface area contributed by atoms with E-state index in [1.54, 1.807) is 11.1 Å². The molecule has 3 rings (SSSR count). The molecule has 0 amide bonds. The van der Waals surface area contributed by atoms with E-state index < -0.39 is 5.60 Å². The molecule has 2 fully saturated rings. The SMILES string of the molecule is CC(=O)O[C@@H]1CC[C@]2(C)CCC3=C(C)CC[C@@H](C(C)C)[C@@H]3[C@H]2[C@]1(C)O. The average Bonchev–Trinajstić information content (AvgIpc) is 2.49. The van der Waals surface area contributed by atoms with Crippen molar-refractivity contribution in [3.8, 4) is 0 Å². The fraction of sp³-hybridized carbons (Fsp3) is 0.864. The van der Waals surface area contributed by atoms with Gasteiger partial charge < -0.3 is 9.84 Å². The molecule has 3 aliphatic carbocycles. The first-order valence-corrected chi connectivity index (χ1v) is 10.2. The number of fused-ring (bicyclic) bond motifs is 3. The van der Waals surface area contributed by atoms with Crippen LogP contribution in [0.1, 0.15) is 80.1 Å². The van der Waals surface area contributed by atoms with Gasteiger partial charge in [0.2, 0.25) is 0 Å². The van der Waals surface area contributed by atoms with Gasteiger partial charge in [0, 0.05) is 12.8 Å². The fourth-order valence-corrected chi connectivity index (χ4v) is 6.53. The maximum absolute atomic E-state index is 11.7. The van der Waals surface area contributed by atoms with Crippen LogP contribution in [0.4, 0.5) is 0 Å². The molecule has 0 saturated heterocycles. The molecular weight excluding hydrogens is 312 g/mol. The van der Waals surface area contributed by atoms with Crippen LogP contribution in [0.2, 0.25) is 0 Å². The van der Waals surface area contributed by atoms with Crippen LogP contribution in [-0.4, -0.2) is 22.8 Å². The lowest BCUT2D eigenvalue weighted by Gasteiger charge is -2.61. The van der Waals surface area contributed by atoms with Gasteiger partial charge in [-0.3, -0.25) is 4.79 Å². The van der Waals surface area contributed by atoms with E-state index in [4.69, 9.17) is 4.74 Å². The lowest BCUT2D eigenvalue weighted by molar-refractivity contribution is -0.213. The summed E-state index contributed by atoms with van der Waals surface area (Å²) in [7, 11) is 0. The van der Waals surface area contributed by atoms with Gasteiger partial charge >= 0.3 is 5.97 Å². The van der Waals surface area contributed by atoms with Crippen molar-refractivity contribution in [2.24, 2.45) is 29.1 Å². The molecule has 0 aromatic rings. The summed E-state index contributed by atoms with van der Waals surface area (Å²) in [6.45, 7) is 12.7. The van der Waals surface area contributed by atoms with Gasteiger partial charge in [-0.1, -0.05) is 31.9 Å². The molecule has 0 spiro atoms. The normalized spacial score (nSPS) is 44.3. The van der Waals surface area contributed by atoms with Crippen LogP contribution in [0.15, 0.2) is 11.1 Å². The number of allylic oxidation sites excluding steroid dienone is 2. The van der Waals surface area contributed by atoms with Crippen molar-refractivity contribution in [3.63, 3.8) is 0 Å². The third kappa shape index (κ3) is 3.07. The minimum atomic E-state index is -0.959. The molecule has 0 aromatic carbocycles. The van der Waals surface area contributed by atoms with Crippen molar-refractivity contribution < 1.29 is 14.6 Å². The molecule has 0 bridgehead atoms. The Labute approximate surface area is 153 Å². The zero-order valence-electron chi connectivity index (χ0n) is 16.9. The van der Waals surface area contributed by atoms with Crippen molar-refractivity contribution >= 4 is 5.97 Å². The summed E-state index contributed by atoms with van der Waals surface area (Å²) in [5.74, 6) is 1.55. The second-order valence-corrected chi connectivity index (χ2v) is 9.77. The highest BCUT2D eigenvalue weighted by molar-refractivity contribution is 5.66. The standard InChI is InChI=1S/C22H36O3/c1-13(2)16-8-7-14(3)17-9-11-21(5)12-10-18(25-15(4)23)22(6,24)20(21)19(16)17/h13,16,18-20,24H,7-12H2,1-6H3/t16-,18+,19-,20+,21-,22+/m0/s1. The Balaban J connectivity index is 2.06. The minimum Gasteiger partial charge on any atom is -0.459 e. The zero-order valence-corrected chi connectivity index (χ0v) is 16.9. The van der Waals surface area contributed by atoms with E-state index >= 15 is 0 Å². The summed E-state index contributed by atoms with van der Waals surface area (Å²) in [5.41, 5.74) is 2.34. The Morgan fingerprint density at radius 3 is 2.48 bits per heavy atom. The lowest BCUT2D eigenvalue weighted by Crippen LogP contribution is -2.63. The molecule has 0 aromatic heterocycles. The van der Waals surface area contributed by atoms with Crippen LogP contribution < -0.4 is 0 Å². The number of ether oxygens (including phenoxy) is 1. The molecule has 3 nitrogen and oxygen atoms in total. The Bertz CT molecular complexity index is 574. The van der Waals surface area contributed by atoms with Crippen molar-refractivity contribution in [2.45, 2.75) is 91.8 Å². The number of rotatable bonds is 2. The van der Waals surface area contributed by atoms with Crippen LogP contribution in [0.25, 0.3) is 0 Å². The maximum Gasteiger partial charge on any atom is 0.303 e. The highest BCUT2D eigenvalue weighted by Crippen LogP contribution is 2.62. The summed E-state index contributed by atoms with van der Waals surface area (Å²) in [4.78, 5) is 11.6. The van der Waals surface area contributed by atoms with Gasteiger partial charge in [0.05, 0.1) is 0 Å². The molecule has 142 valence electrons. The lowest BCUT2D eigenvalue weighted by atomic mass is 9.46. The number of hydrogen-bond donors (Lipinski definition) is 1. The Kier molecular flexibility index (Phi) is 4.85. The highest BCUT2D eigenvalue weighted by Gasteiger charge is 2.61. The predicted molar refractivity (Wildman–Crippen MR) is 100.0 cm³/mol. The van der Waals surface area contributed by atoms with Crippen LogP contribution >= 0.6 is 0 Å². The molecule has 1 N–H and O–H groups in total. The largest absolute Gasteiger partial charge is 0.459 e. The molecule has 6 atom stereocenters. The van der Waals surface area contributed by atoms with Gasteiger partial charge in [0.25, 0.3) is 0 Å². The molecule has 0 aliphatic heterocycles. The third-order valence-corrected chi connectivity index (χ3v) is 7.76. The van der Waals surface area contributed by atoms with Gasteiger partial charge in [0.1, 0.15) is 11.7 Å². The van der Waals surface area contributed by atoms with Crippen LogP contribution in [-0.2, 0) is 9.53 Å². The van der Waals surface area contributed by atoms with Crippen LogP contribution in [0.3, 0.4) is 0 Å². The zero-order chi connectivity index (χ0) is 18.6. The summed E-state index contributed by atoms with van der Waals surface area (Å²) in [5, 5.41) is 11.7. The molecule has 0 unspecified atom stereocenters. The first kappa shape index (κ1) is 18.9. The molecule has 0 radical (unpaired) electrons. The monoisotopic (exact) mass is 348 g/mol. The molecule has 3 heteroatoms. The van der Waals surface area contributed by atoms with Crippen molar-refractivity contribution in [3.05, 3.63) is 11.1 Å². The van der Waals surface area contributed by atoms with Gasteiger partial charge in [-0.05, 0) is 75.5 Å². The van der Waals surface area contributed by atoms with E-state index in [-0.39, 0.29) is 23.4 Å². The Morgan fingerprint density at radius 1 is 1.20 bits per heavy atom. The summed E-state index contributed by atoms with van der Waals surface area (Å²) >= 11 is 0. The number of hydrogen-bond acceptors (Lipinski definition) is 3. The maximum atomic E-state index is 11.7. The molecule has 0 heterocycles. The number of carbonyl (C=O) groups is 1. The van der Waals surface area contributed by atoms with Crippen LogP contribution in [0, 0.1) is 29.1 Å². The predicted octanol–water partition coefficient (Wildman–Crippen LogP) is 4.88. The van der Waals surface area contributed by atoms with E-state index in [0.29, 0.717) is 17.8 Å². The third-order valence-electron chi connectivity index (χ3n) is 7.76. The topological polar surface area (TPSA) is 46.5 Å². The van der Waals surface area contributed by atoms with E-state index in [2.05, 4.69) is 27.7 Å². The van der Waals surface area contributed by atoms with E-state index in [0.717, 1.165) is 19.3 Å². The van der Waals surface area contributed by atoms with Gasteiger partial charge in [0.15, 0.2) is 0 Å². The highest BCUT2D eigenvalue weighted by atomic mass is 16.6. The number of esters is 1. The Morgan fingerprint density at radius 2 is 1.88 bits per heavy atom. The fourth-order valence-electron chi connectivity index (χ4n) is 6.53. The first-order chi connectivity index (χ1) is 11.6. The molecule has 3 aliphatic rings. The molecular formula is C22H36O3. The summed E-state index contributed by atoms with van der Waals surface area (Å²) in [6, 6.07) is 0.